The number of fused-ring (bicyclic) bond motifs is 1. The van der Waals surface area contributed by atoms with E-state index >= 15 is 0 Å². The van der Waals surface area contributed by atoms with Crippen molar-refractivity contribution in [3.05, 3.63) is 66.2 Å². The van der Waals surface area contributed by atoms with Crippen LogP contribution in [0.4, 0.5) is 11.5 Å². The van der Waals surface area contributed by atoms with E-state index in [0.717, 1.165) is 11.2 Å². The van der Waals surface area contributed by atoms with E-state index in [0.29, 0.717) is 28.6 Å². The highest BCUT2D eigenvalue weighted by atomic mass is 16.5. The molecule has 0 amide bonds. The lowest BCUT2D eigenvalue weighted by Gasteiger charge is -2.12. The summed E-state index contributed by atoms with van der Waals surface area (Å²) >= 11 is 0. The summed E-state index contributed by atoms with van der Waals surface area (Å²) in [5.74, 6) is 0.537. The normalized spacial score (nSPS) is 10.2. The summed E-state index contributed by atoms with van der Waals surface area (Å²) in [4.78, 5) is 25.1. The van der Waals surface area contributed by atoms with E-state index in [1.807, 2.05) is 57.3 Å². The number of aromatic nitrogens is 5. The molecule has 0 radical (unpaired) electrons. The van der Waals surface area contributed by atoms with Crippen molar-refractivity contribution in [2.45, 2.75) is 20.8 Å². The Hall–Kier alpha value is -3.81. The van der Waals surface area contributed by atoms with Crippen molar-refractivity contribution in [3.63, 3.8) is 0 Å². The molecule has 0 aliphatic rings. The molecule has 0 unspecified atom stereocenters. The molecule has 4 aromatic heterocycles. The number of ether oxygens (including phenoxy) is 1. The molecule has 0 saturated heterocycles. The van der Waals surface area contributed by atoms with Crippen LogP contribution in [0.25, 0.3) is 17.0 Å². The summed E-state index contributed by atoms with van der Waals surface area (Å²) in [6.45, 7) is 5.91. The van der Waals surface area contributed by atoms with Gasteiger partial charge in [0.1, 0.15) is 16.8 Å². The zero-order valence-corrected chi connectivity index (χ0v) is 16.7. The monoisotopic (exact) mass is 390 g/mol. The van der Waals surface area contributed by atoms with Crippen molar-refractivity contribution >= 4 is 23.0 Å². The topological polar surface area (TPSA) is 94.3 Å². The predicted molar refractivity (Wildman–Crippen MR) is 111 cm³/mol. The van der Waals surface area contributed by atoms with E-state index in [4.69, 9.17) is 4.74 Å². The second-order valence-corrected chi connectivity index (χ2v) is 5.82. The molecule has 1 N–H and O–H groups in total. The minimum atomic E-state index is -0.480. The first kappa shape index (κ1) is 19.9. The standard InChI is InChI=1S/C19H16N6O2.C2H6/c1-12-5-3-6-15(21-12)17-23-18(16-7-4-10-25(16)24-17)22-14-8-9-20-11-13(14)19(26)27-2;1-2/h3-11H,1-2H3,(H,20,22,23,24);1-2H3. The molecule has 0 aromatic carbocycles. The Balaban J connectivity index is 0.00000117. The van der Waals surface area contributed by atoms with Crippen molar-refractivity contribution in [2.75, 3.05) is 12.4 Å². The molecule has 0 atom stereocenters. The number of rotatable bonds is 4. The van der Waals surface area contributed by atoms with Crippen molar-refractivity contribution in [1.29, 1.82) is 0 Å². The first-order valence-electron chi connectivity index (χ1n) is 9.24. The number of hydrogen-bond acceptors (Lipinski definition) is 7. The van der Waals surface area contributed by atoms with E-state index in [1.54, 1.807) is 16.8 Å². The number of nitrogens with zero attached hydrogens (tertiary/aromatic N) is 5. The Kier molecular flexibility index (Phi) is 6.13. The van der Waals surface area contributed by atoms with Crippen LogP contribution in [0.1, 0.15) is 29.9 Å². The van der Waals surface area contributed by atoms with Gasteiger partial charge in [-0.15, -0.1) is 5.10 Å². The highest BCUT2D eigenvalue weighted by molar-refractivity contribution is 5.96. The Morgan fingerprint density at radius 1 is 1.10 bits per heavy atom. The summed E-state index contributed by atoms with van der Waals surface area (Å²) in [6, 6.07) is 11.1. The van der Waals surface area contributed by atoms with Gasteiger partial charge in [0.25, 0.3) is 0 Å². The van der Waals surface area contributed by atoms with E-state index in [2.05, 4.69) is 25.4 Å². The second-order valence-electron chi connectivity index (χ2n) is 5.82. The lowest BCUT2D eigenvalue weighted by molar-refractivity contribution is 0.0601. The van der Waals surface area contributed by atoms with Crippen LogP contribution in [0.2, 0.25) is 0 Å². The maximum atomic E-state index is 12.0. The van der Waals surface area contributed by atoms with Gasteiger partial charge in [-0.25, -0.2) is 19.3 Å². The number of aryl methyl sites for hydroxylation is 1. The van der Waals surface area contributed by atoms with Gasteiger partial charge in [0.05, 0.1) is 12.8 Å². The smallest absolute Gasteiger partial charge is 0.341 e. The number of carbonyl (C=O) groups is 1. The Morgan fingerprint density at radius 2 is 1.93 bits per heavy atom. The largest absolute Gasteiger partial charge is 0.465 e. The molecule has 8 heteroatoms. The van der Waals surface area contributed by atoms with Gasteiger partial charge in [0.2, 0.25) is 5.82 Å². The number of methoxy groups -OCH3 is 1. The van der Waals surface area contributed by atoms with Crippen molar-refractivity contribution < 1.29 is 9.53 Å². The summed E-state index contributed by atoms with van der Waals surface area (Å²) in [6.07, 6.45) is 4.87. The molecule has 0 aliphatic heterocycles. The van der Waals surface area contributed by atoms with Gasteiger partial charge in [0.15, 0.2) is 5.82 Å². The van der Waals surface area contributed by atoms with Crippen LogP contribution in [0.15, 0.2) is 55.0 Å². The van der Waals surface area contributed by atoms with Crippen LogP contribution < -0.4 is 5.32 Å². The molecule has 29 heavy (non-hydrogen) atoms. The molecule has 8 nitrogen and oxygen atoms in total. The van der Waals surface area contributed by atoms with E-state index < -0.39 is 5.97 Å². The average Bonchev–Trinajstić information content (AvgIpc) is 3.24. The molecule has 4 heterocycles. The number of pyridine rings is 2. The van der Waals surface area contributed by atoms with Crippen molar-refractivity contribution in [1.82, 2.24) is 24.6 Å². The Morgan fingerprint density at radius 3 is 2.69 bits per heavy atom. The maximum absolute atomic E-state index is 12.0. The molecule has 0 spiro atoms. The van der Waals surface area contributed by atoms with Crippen molar-refractivity contribution in [2.24, 2.45) is 0 Å². The summed E-state index contributed by atoms with van der Waals surface area (Å²) in [5.41, 5.74) is 3.16. The van der Waals surface area contributed by atoms with Crippen molar-refractivity contribution in [3.8, 4) is 11.5 Å². The molecule has 4 rings (SSSR count). The van der Waals surface area contributed by atoms with E-state index in [1.165, 1.54) is 13.3 Å². The molecule has 0 saturated carbocycles. The minimum absolute atomic E-state index is 0.318. The van der Waals surface area contributed by atoms with E-state index in [9.17, 15) is 4.79 Å². The average molecular weight is 390 g/mol. The van der Waals surface area contributed by atoms with Crippen LogP contribution >= 0.6 is 0 Å². The van der Waals surface area contributed by atoms with Gasteiger partial charge >= 0.3 is 5.97 Å². The summed E-state index contributed by atoms with van der Waals surface area (Å²) in [7, 11) is 1.33. The first-order valence-corrected chi connectivity index (χ1v) is 9.24. The third-order valence-corrected chi connectivity index (χ3v) is 3.99. The fraction of sp³-hybridized carbons (Fsp3) is 0.190. The third-order valence-electron chi connectivity index (χ3n) is 3.99. The molecule has 0 aliphatic carbocycles. The molecule has 148 valence electrons. The molecular weight excluding hydrogens is 368 g/mol. The minimum Gasteiger partial charge on any atom is -0.465 e. The number of esters is 1. The molecular formula is C21H22N6O2. The maximum Gasteiger partial charge on any atom is 0.341 e. The van der Waals surface area contributed by atoms with Crippen LogP contribution in [-0.2, 0) is 4.74 Å². The Bertz CT molecular complexity index is 1140. The second kappa shape index (κ2) is 8.92. The van der Waals surface area contributed by atoms with Gasteiger partial charge in [0, 0.05) is 24.3 Å². The number of anilines is 2. The van der Waals surface area contributed by atoms with Gasteiger partial charge in [-0.3, -0.25) is 4.98 Å². The fourth-order valence-corrected chi connectivity index (χ4v) is 2.71. The molecule has 0 fully saturated rings. The van der Waals surface area contributed by atoms with Gasteiger partial charge < -0.3 is 10.1 Å². The molecule has 0 bridgehead atoms. The predicted octanol–water partition coefficient (Wildman–Crippen LogP) is 4.05. The number of hydrogen-bond donors (Lipinski definition) is 1. The van der Waals surface area contributed by atoms with Crippen LogP contribution in [-0.4, -0.2) is 37.6 Å². The summed E-state index contributed by atoms with van der Waals surface area (Å²) < 4.78 is 6.54. The number of carbonyl (C=O) groups excluding carboxylic acids is 1. The van der Waals surface area contributed by atoms with Crippen LogP contribution in [0.5, 0.6) is 0 Å². The van der Waals surface area contributed by atoms with Gasteiger partial charge in [-0.2, -0.15) is 0 Å². The molecule has 4 aromatic rings. The van der Waals surface area contributed by atoms with Gasteiger partial charge in [-0.05, 0) is 37.3 Å². The SMILES string of the molecule is CC.COC(=O)c1cnccc1Nc1nc(-c2cccc(C)n2)nn2cccc12. The highest BCUT2D eigenvalue weighted by Crippen LogP contribution is 2.25. The van der Waals surface area contributed by atoms with Crippen LogP contribution in [0.3, 0.4) is 0 Å². The lowest BCUT2D eigenvalue weighted by atomic mass is 10.2. The zero-order valence-electron chi connectivity index (χ0n) is 16.7. The number of nitrogens with one attached hydrogen (secondary N) is 1. The first-order chi connectivity index (χ1) is 14.2. The zero-order chi connectivity index (χ0) is 20.8. The van der Waals surface area contributed by atoms with Gasteiger partial charge in [-0.1, -0.05) is 19.9 Å². The lowest BCUT2D eigenvalue weighted by Crippen LogP contribution is -2.09. The van der Waals surface area contributed by atoms with Crippen LogP contribution in [0, 0.1) is 6.92 Å². The quantitative estimate of drug-likeness (QED) is 0.525. The summed E-state index contributed by atoms with van der Waals surface area (Å²) in [5, 5.41) is 7.72. The fourth-order valence-electron chi connectivity index (χ4n) is 2.71. The highest BCUT2D eigenvalue weighted by Gasteiger charge is 2.15. The third kappa shape index (κ3) is 4.21. The van der Waals surface area contributed by atoms with E-state index in [-0.39, 0.29) is 0 Å². The Labute approximate surface area is 168 Å².